The molecule has 0 heterocycles. The second-order valence-corrected chi connectivity index (χ2v) is 4.80. The van der Waals surface area contributed by atoms with Crippen molar-refractivity contribution in [1.82, 2.24) is 4.90 Å². The van der Waals surface area contributed by atoms with Crippen molar-refractivity contribution in [3.63, 3.8) is 0 Å². The number of hydrogen-bond acceptors (Lipinski definition) is 3. The van der Waals surface area contributed by atoms with E-state index in [4.69, 9.17) is 10.5 Å². The number of nitrogens with two attached hydrogens (primary N) is 1. The van der Waals surface area contributed by atoms with Gasteiger partial charge in [-0.3, -0.25) is 4.79 Å². The SMILES string of the molecule is CCc1ccc(OC)c(CCN(C)C(=O)C(C)N)c1. The Morgan fingerprint density at radius 1 is 1.47 bits per heavy atom. The minimum atomic E-state index is -0.450. The second-order valence-electron chi connectivity index (χ2n) is 4.80. The van der Waals surface area contributed by atoms with Crippen LogP contribution in [0.4, 0.5) is 0 Å². The van der Waals surface area contributed by atoms with Crippen molar-refractivity contribution in [1.29, 1.82) is 0 Å². The number of amides is 1. The van der Waals surface area contributed by atoms with Gasteiger partial charge in [-0.05, 0) is 37.0 Å². The van der Waals surface area contributed by atoms with Gasteiger partial charge in [0.2, 0.25) is 5.91 Å². The molecule has 1 aromatic rings. The molecule has 0 aliphatic heterocycles. The van der Waals surface area contributed by atoms with Crippen molar-refractivity contribution < 1.29 is 9.53 Å². The van der Waals surface area contributed by atoms with Gasteiger partial charge in [-0.25, -0.2) is 0 Å². The fourth-order valence-corrected chi connectivity index (χ4v) is 1.99. The van der Waals surface area contributed by atoms with Crippen LogP contribution in [-0.2, 0) is 17.6 Å². The lowest BCUT2D eigenvalue weighted by Gasteiger charge is -2.20. The van der Waals surface area contributed by atoms with Crippen LogP contribution < -0.4 is 10.5 Å². The molecule has 4 heteroatoms. The molecule has 19 heavy (non-hydrogen) atoms. The second kappa shape index (κ2) is 7.14. The Bertz CT molecular complexity index is 430. The Kier molecular flexibility index (Phi) is 5.83. The molecule has 1 amide bonds. The monoisotopic (exact) mass is 264 g/mol. The van der Waals surface area contributed by atoms with E-state index in [-0.39, 0.29) is 5.91 Å². The van der Waals surface area contributed by atoms with E-state index in [1.807, 2.05) is 6.07 Å². The van der Waals surface area contributed by atoms with Crippen LogP contribution in [-0.4, -0.2) is 37.6 Å². The number of carbonyl (C=O) groups excluding carboxylic acids is 1. The number of aryl methyl sites for hydroxylation is 1. The van der Waals surface area contributed by atoms with Gasteiger partial charge >= 0.3 is 0 Å². The highest BCUT2D eigenvalue weighted by molar-refractivity contribution is 5.80. The van der Waals surface area contributed by atoms with Gasteiger partial charge < -0.3 is 15.4 Å². The van der Waals surface area contributed by atoms with Crippen molar-refractivity contribution in [2.24, 2.45) is 5.73 Å². The molecule has 4 nitrogen and oxygen atoms in total. The van der Waals surface area contributed by atoms with Crippen LogP contribution in [0, 0.1) is 0 Å². The Balaban J connectivity index is 2.73. The summed E-state index contributed by atoms with van der Waals surface area (Å²) in [6.07, 6.45) is 1.76. The van der Waals surface area contributed by atoms with Crippen LogP contribution in [0.1, 0.15) is 25.0 Å². The van der Waals surface area contributed by atoms with E-state index < -0.39 is 6.04 Å². The summed E-state index contributed by atoms with van der Waals surface area (Å²) in [6.45, 7) is 4.47. The number of rotatable bonds is 6. The topological polar surface area (TPSA) is 55.6 Å². The van der Waals surface area contributed by atoms with Crippen LogP contribution in [0.3, 0.4) is 0 Å². The number of likely N-dealkylation sites (N-methyl/N-ethyl adjacent to an activating group) is 1. The van der Waals surface area contributed by atoms with E-state index in [1.165, 1.54) is 5.56 Å². The van der Waals surface area contributed by atoms with Crippen LogP contribution in [0.2, 0.25) is 0 Å². The molecule has 1 rings (SSSR count). The van der Waals surface area contributed by atoms with Gasteiger partial charge in [-0.1, -0.05) is 19.1 Å². The Morgan fingerprint density at radius 3 is 2.68 bits per heavy atom. The predicted molar refractivity (Wildman–Crippen MR) is 77.4 cm³/mol. The van der Waals surface area contributed by atoms with E-state index in [0.29, 0.717) is 6.54 Å². The standard InChI is InChI=1S/C15H24N2O2/c1-5-12-6-7-14(19-4)13(10-12)8-9-17(3)15(18)11(2)16/h6-7,10-11H,5,8-9,16H2,1-4H3. The summed E-state index contributed by atoms with van der Waals surface area (Å²) >= 11 is 0. The molecule has 0 aromatic heterocycles. The summed E-state index contributed by atoms with van der Waals surface area (Å²) in [6, 6.07) is 5.75. The van der Waals surface area contributed by atoms with Gasteiger partial charge in [0.15, 0.2) is 0 Å². The summed E-state index contributed by atoms with van der Waals surface area (Å²) in [4.78, 5) is 13.4. The lowest BCUT2D eigenvalue weighted by molar-refractivity contribution is -0.130. The molecular formula is C15H24N2O2. The van der Waals surface area contributed by atoms with Crippen molar-refractivity contribution in [3.8, 4) is 5.75 Å². The van der Waals surface area contributed by atoms with Crippen LogP contribution in [0.15, 0.2) is 18.2 Å². The zero-order valence-electron chi connectivity index (χ0n) is 12.3. The quantitative estimate of drug-likeness (QED) is 0.849. The fourth-order valence-electron chi connectivity index (χ4n) is 1.99. The molecule has 0 fully saturated rings. The van der Waals surface area contributed by atoms with E-state index in [1.54, 1.807) is 26.0 Å². The lowest BCUT2D eigenvalue weighted by Crippen LogP contribution is -2.40. The molecule has 0 radical (unpaired) electrons. The predicted octanol–water partition coefficient (Wildman–Crippen LogP) is 1.61. The molecule has 0 saturated heterocycles. The molecule has 106 valence electrons. The molecule has 0 spiro atoms. The number of nitrogens with zero attached hydrogens (tertiary/aromatic N) is 1. The fraction of sp³-hybridized carbons (Fsp3) is 0.533. The molecule has 2 N–H and O–H groups in total. The Morgan fingerprint density at radius 2 is 2.16 bits per heavy atom. The Labute approximate surface area is 115 Å². The maximum absolute atomic E-state index is 11.7. The molecule has 1 unspecified atom stereocenters. The minimum absolute atomic E-state index is 0.0365. The van der Waals surface area contributed by atoms with Gasteiger partial charge in [0, 0.05) is 13.6 Å². The minimum Gasteiger partial charge on any atom is -0.496 e. The number of methoxy groups -OCH3 is 1. The molecule has 1 atom stereocenters. The average molecular weight is 264 g/mol. The lowest BCUT2D eigenvalue weighted by atomic mass is 10.0. The van der Waals surface area contributed by atoms with E-state index in [2.05, 4.69) is 19.1 Å². The third kappa shape index (κ3) is 4.24. The third-order valence-electron chi connectivity index (χ3n) is 3.24. The highest BCUT2D eigenvalue weighted by Gasteiger charge is 2.14. The zero-order chi connectivity index (χ0) is 14.4. The summed E-state index contributed by atoms with van der Waals surface area (Å²) in [5, 5.41) is 0. The van der Waals surface area contributed by atoms with E-state index >= 15 is 0 Å². The van der Waals surface area contributed by atoms with Gasteiger partial charge in [0.05, 0.1) is 13.2 Å². The molecule has 0 aliphatic carbocycles. The van der Waals surface area contributed by atoms with Crippen LogP contribution in [0.5, 0.6) is 5.75 Å². The van der Waals surface area contributed by atoms with E-state index in [9.17, 15) is 4.79 Å². The summed E-state index contributed by atoms with van der Waals surface area (Å²) in [5.74, 6) is 0.837. The highest BCUT2D eigenvalue weighted by atomic mass is 16.5. The summed E-state index contributed by atoms with van der Waals surface area (Å²) in [7, 11) is 3.45. The van der Waals surface area contributed by atoms with Gasteiger partial charge in [-0.2, -0.15) is 0 Å². The first-order chi connectivity index (χ1) is 8.99. The largest absolute Gasteiger partial charge is 0.496 e. The smallest absolute Gasteiger partial charge is 0.238 e. The van der Waals surface area contributed by atoms with Gasteiger partial charge in [-0.15, -0.1) is 0 Å². The van der Waals surface area contributed by atoms with Gasteiger partial charge in [0.25, 0.3) is 0 Å². The first kappa shape index (κ1) is 15.5. The Hall–Kier alpha value is -1.55. The molecule has 0 aliphatic rings. The van der Waals surface area contributed by atoms with Crippen molar-refractivity contribution >= 4 is 5.91 Å². The van der Waals surface area contributed by atoms with E-state index in [0.717, 1.165) is 24.2 Å². The van der Waals surface area contributed by atoms with Crippen LogP contribution >= 0.6 is 0 Å². The molecule has 0 bridgehead atoms. The highest BCUT2D eigenvalue weighted by Crippen LogP contribution is 2.21. The maximum Gasteiger partial charge on any atom is 0.238 e. The first-order valence-electron chi connectivity index (χ1n) is 6.66. The molecule has 1 aromatic carbocycles. The average Bonchev–Trinajstić information content (AvgIpc) is 2.43. The zero-order valence-corrected chi connectivity index (χ0v) is 12.3. The molecule has 0 saturated carbocycles. The van der Waals surface area contributed by atoms with Crippen molar-refractivity contribution in [2.45, 2.75) is 32.7 Å². The van der Waals surface area contributed by atoms with Crippen molar-refractivity contribution in [3.05, 3.63) is 29.3 Å². The summed E-state index contributed by atoms with van der Waals surface area (Å²) in [5.41, 5.74) is 8.00. The van der Waals surface area contributed by atoms with Gasteiger partial charge in [0.1, 0.15) is 5.75 Å². The van der Waals surface area contributed by atoms with Crippen LogP contribution in [0.25, 0.3) is 0 Å². The first-order valence-corrected chi connectivity index (χ1v) is 6.66. The number of benzene rings is 1. The number of hydrogen-bond donors (Lipinski definition) is 1. The maximum atomic E-state index is 11.7. The molecular weight excluding hydrogens is 240 g/mol. The van der Waals surface area contributed by atoms with Crippen molar-refractivity contribution in [2.75, 3.05) is 20.7 Å². The normalized spacial score (nSPS) is 12.1. The number of carbonyl (C=O) groups is 1. The number of ether oxygens (including phenoxy) is 1. The third-order valence-corrected chi connectivity index (χ3v) is 3.24. The summed E-state index contributed by atoms with van der Waals surface area (Å²) < 4.78 is 5.36.